The minimum absolute atomic E-state index is 0.621. The number of fused-ring (bicyclic) bond motifs is 1. The molecule has 5 nitrogen and oxygen atoms in total. The van der Waals surface area contributed by atoms with Crippen LogP contribution in [-0.4, -0.2) is 33.7 Å². The number of amides is 1. The van der Waals surface area contributed by atoms with Crippen LogP contribution in [0.3, 0.4) is 0 Å². The third kappa shape index (κ3) is 2.11. The van der Waals surface area contributed by atoms with E-state index < -0.39 is 0 Å². The summed E-state index contributed by atoms with van der Waals surface area (Å²) in [6.45, 7) is 0. The third-order valence-electron chi connectivity index (χ3n) is 2.08. The number of hydrogen-bond acceptors (Lipinski definition) is 2. The lowest BCUT2D eigenvalue weighted by Crippen LogP contribution is -2.25. The summed E-state index contributed by atoms with van der Waals surface area (Å²) in [5.41, 5.74) is 4.25. The summed E-state index contributed by atoms with van der Waals surface area (Å²) in [6.07, 6.45) is 6.06. The van der Waals surface area contributed by atoms with E-state index in [9.17, 15) is 4.79 Å². The third-order valence-corrected chi connectivity index (χ3v) is 2.55. The Labute approximate surface area is 101 Å². The van der Waals surface area contributed by atoms with Crippen molar-refractivity contribution in [1.29, 1.82) is 0 Å². The molecular weight excluding hydrogens is 272 g/mol. The van der Waals surface area contributed by atoms with Crippen LogP contribution in [0.25, 0.3) is 5.65 Å². The summed E-state index contributed by atoms with van der Waals surface area (Å²) in [4.78, 5) is 14.5. The van der Waals surface area contributed by atoms with Gasteiger partial charge in [0, 0.05) is 10.7 Å². The van der Waals surface area contributed by atoms with Gasteiger partial charge in [-0.2, -0.15) is 0 Å². The number of nitrogens with zero attached hydrogens (tertiary/aromatic N) is 3. The van der Waals surface area contributed by atoms with Gasteiger partial charge in [0.25, 0.3) is 6.41 Å². The molecule has 2 heterocycles. The van der Waals surface area contributed by atoms with Crippen molar-refractivity contribution in [2.45, 2.75) is 0 Å². The normalized spacial score (nSPS) is 11.8. The maximum atomic E-state index is 10.3. The predicted octanol–water partition coefficient (Wildman–Crippen LogP) is 0.819. The van der Waals surface area contributed by atoms with Crippen molar-refractivity contribution in [3.63, 3.8) is 0 Å². The molecule has 0 fully saturated rings. The summed E-state index contributed by atoms with van der Waals surface area (Å²) in [5, 5.41) is 0. The second kappa shape index (κ2) is 4.44. The van der Waals surface area contributed by atoms with Gasteiger partial charge in [-0.3, -0.25) is 9.20 Å². The standard InChI is InChI=1S/C10H9BrN4O/c1-14(13-7-16)6-9-4-12-10-3-2-8(11)5-15(9)10/h2-7H,1H3/p+1. The minimum atomic E-state index is 0.621. The molecule has 1 N–H and O–H groups in total. The van der Waals surface area contributed by atoms with Gasteiger partial charge in [-0.05, 0) is 28.1 Å². The number of nitrogens with one attached hydrogen (secondary N) is 1. The first-order chi connectivity index (χ1) is 7.70. The van der Waals surface area contributed by atoms with Crippen molar-refractivity contribution < 1.29 is 9.48 Å². The average molecular weight is 282 g/mol. The first-order valence-corrected chi connectivity index (χ1v) is 5.40. The molecular formula is C10H10BrN4O+. The SMILES string of the molecule is C[N+](=Cc1cnc2ccc(Br)cn12)NC=O. The number of rotatable bonds is 3. The molecule has 0 aliphatic carbocycles. The smallest absolute Gasteiger partial charge is 0.262 e. The molecule has 0 saturated heterocycles. The van der Waals surface area contributed by atoms with Crippen molar-refractivity contribution in [2.24, 2.45) is 0 Å². The summed E-state index contributed by atoms with van der Waals surface area (Å²) >= 11 is 3.40. The van der Waals surface area contributed by atoms with E-state index in [0.717, 1.165) is 15.8 Å². The van der Waals surface area contributed by atoms with E-state index in [0.29, 0.717) is 6.41 Å². The number of hydrogen-bond donors (Lipinski definition) is 1. The fourth-order valence-electron chi connectivity index (χ4n) is 1.39. The Hall–Kier alpha value is -1.69. The quantitative estimate of drug-likeness (QED) is 0.392. The van der Waals surface area contributed by atoms with Crippen LogP contribution in [-0.2, 0) is 4.79 Å². The molecule has 2 aromatic heterocycles. The molecule has 0 unspecified atom stereocenters. The van der Waals surface area contributed by atoms with E-state index in [4.69, 9.17) is 0 Å². The average Bonchev–Trinajstić information content (AvgIpc) is 2.61. The van der Waals surface area contributed by atoms with Crippen LogP contribution in [0, 0.1) is 0 Å². The Morgan fingerprint density at radius 2 is 2.38 bits per heavy atom. The molecule has 0 aliphatic rings. The number of hydrazone groups is 1. The molecule has 2 aromatic rings. The molecule has 1 amide bonds. The van der Waals surface area contributed by atoms with E-state index in [2.05, 4.69) is 26.3 Å². The number of imidazole rings is 1. The van der Waals surface area contributed by atoms with E-state index in [1.807, 2.05) is 22.7 Å². The maximum absolute atomic E-state index is 10.3. The molecule has 0 spiro atoms. The first-order valence-electron chi connectivity index (χ1n) is 4.61. The van der Waals surface area contributed by atoms with Gasteiger partial charge in [0.05, 0.1) is 6.20 Å². The zero-order valence-electron chi connectivity index (χ0n) is 8.59. The molecule has 6 heteroatoms. The summed E-state index contributed by atoms with van der Waals surface area (Å²) in [7, 11) is 1.74. The lowest BCUT2D eigenvalue weighted by Gasteiger charge is -1.96. The van der Waals surface area contributed by atoms with Gasteiger partial charge in [-0.15, -0.1) is 10.1 Å². The van der Waals surface area contributed by atoms with Crippen molar-refractivity contribution in [3.05, 3.63) is 34.7 Å². The highest BCUT2D eigenvalue weighted by Crippen LogP contribution is 2.12. The predicted molar refractivity (Wildman–Crippen MR) is 63.4 cm³/mol. The highest BCUT2D eigenvalue weighted by Gasteiger charge is 2.05. The topological polar surface area (TPSA) is 49.4 Å². The van der Waals surface area contributed by atoms with Crippen molar-refractivity contribution in [1.82, 2.24) is 14.8 Å². The molecule has 0 radical (unpaired) electrons. The fourth-order valence-corrected chi connectivity index (χ4v) is 1.72. The number of hydrazine groups is 1. The second-order valence-corrected chi connectivity index (χ2v) is 4.16. The van der Waals surface area contributed by atoms with Gasteiger partial charge >= 0.3 is 0 Å². The van der Waals surface area contributed by atoms with E-state index >= 15 is 0 Å². The molecule has 16 heavy (non-hydrogen) atoms. The Kier molecular flexibility index (Phi) is 3.00. The van der Waals surface area contributed by atoms with Crippen molar-refractivity contribution in [3.8, 4) is 0 Å². The Morgan fingerprint density at radius 3 is 3.12 bits per heavy atom. The lowest BCUT2D eigenvalue weighted by atomic mass is 10.4. The molecule has 0 saturated carbocycles. The molecule has 0 aromatic carbocycles. The molecule has 0 bridgehead atoms. The molecule has 0 aliphatic heterocycles. The van der Waals surface area contributed by atoms with Gasteiger partial charge in [0.1, 0.15) is 11.3 Å². The molecule has 2 rings (SSSR count). The highest BCUT2D eigenvalue weighted by atomic mass is 79.9. The number of halogens is 1. The zero-order valence-corrected chi connectivity index (χ0v) is 10.2. The summed E-state index contributed by atoms with van der Waals surface area (Å²) < 4.78 is 4.46. The van der Waals surface area contributed by atoms with Gasteiger partial charge in [-0.1, -0.05) is 0 Å². The Morgan fingerprint density at radius 1 is 1.56 bits per heavy atom. The fraction of sp³-hybridized carbons (Fsp3) is 0.100. The zero-order chi connectivity index (χ0) is 11.5. The number of carbonyl (C=O) groups excluding carboxylic acids is 1. The van der Waals surface area contributed by atoms with Crippen LogP contribution in [0.1, 0.15) is 5.69 Å². The van der Waals surface area contributed by atoms with E-state index in [-0.39, 0.29) is 0 Å². The lowest BCUT2D eigenvalue weighted by molar-refractivity contribution is -0.539. The molecule has 82 valence electrons. The number of carbonyl (C=O) groups is 1. The van der Waals surface area contributed by atoms with Crippen LogP contribution in [0.5, 0.6) is 0 Å². The second-order valence-electron chi connectivity index (χ2n) is 3.25. The monoisotopic (exact) mass is 281 g/mol. The van der Waals surface area contributed by atoms with Crippen LogP contribution >= 0.6 is 15.9 Å². The van der Waals surface area contributed by atoms with Crippen LogP contribution in [0.15, 0.2) is 29.0 Å². The Bertz CT molecular complexity index is 561. The van der Waals surface area contributed by atoms with E-state index in [1.54, 1.807) is 24.1 Å². The maximum Gasteiger partial charge on any atom is 0.262 e. The first kappa shape index (κ1) is 10.8. The van der Waals surface area contributed by atoms with Crippen LogP contribution < -0.4 is 5.43 Å². The van der Waals surface area contributed by atoms with Crippen LogP contribution in [0.4, 0.5) is 0 Å². The minimum Gasteiger partial charge on any atom is -0.294 e. The van der Waals surface area contributed by atoms with Gasteiger partial charge in [0.2, 0.25) is 6.21 Å². The van der Waals surface area contributed by atoms with Gasteiger partial charge in [0.15, 0.2) is 7.05 Å². The number of aromatic nitrogens is 2. The largest absolute Gasteiger partial charge is 0.294 e. The van der Waals surface area contributed by atoms with Crippen molar-refractivity contribution >= 4 is 34.2 Å². The summed E-state index contributed by atoms with van der Waals surface area (Å²) in [5.74, 6) is 0. The van der Waals surface area contributed by atoms with Crippen LogP contribution in [0.2, 0.25) is 0 Å². The molecule has 0 atom stereocenters. The Balaban J connectivity index is 2.48. The van der Waals surface area contributed by atoms with E-state index in [1.165, 1.54) is 0 Å². The highest BCUT2D eigenvalue weighted by molar-refractivity contribution is 9.10. The van der Waals surface area contributed by atoms with Gasteiger partial charge < -0.3 is 0 Å². The van der Waals surface area contributed by atoms with Gasteiger partial charge in [-0.25, -0.2) is 4.98 Å². The summed E-state index contributed by atoms with van der Waals surface area (Å²) in [6, 6.07) is 3.84. The van der Waals surface area contributed by atoms with Crippen molar-refractivity contribution in [2.75, 3.05) is 7.05 Å². The number of pyridine rings is 1.